The summed E-state index contributed by atoms with van der Waals surface area (Å²) in [6, 6.07) is 9.09. The molecule has 0 heterocycles. The molecule has 4 nitrogen and oxygen atoms in total. The van der Waals surface area contributed by atoms with E-state index in [4.69, 9.17) is 22.1 Å². The summed E-state index contributed by atoms with van der Waals surface area (Å²) in [6.07, 6.45) is 0. The number of carbonyl (C=O) groups excluding carboxylic acids is 1. The quantitative estimate of drug-likeness (QED) is 0.841. The summed E-state index contributed by atoms with van der Waals surface area (Å²) < 4.78 is 5.51. The van der Waals surface area contributed by atoms with E-state index in [-0.39, 0.29) is 12.5 Å². The first-order valence-corrected chi connectivity index (χ1v) is 7.30. The van der Waals surface area contributed by atoms with Crippen LogP contribution in [0, 0.1) is 20.8 Å². The van der Waals surface area contributed by atoms with E-state index in [1.807, 2.05) is 45.0 Å². The van der Waals surface area contributed by atoms with Crippen molar-refractivity contribution in [1.82, 2.24) is 0 Å². The van der Waals surface area contributed by atoms with Gasteiger partial charge in [0, 0.05) is 5.02 Å². The molecule has 3 N–H and O–H groups in total. The maximum atomic E-state index is 11.9. The fourth-order valence-electron chi connectivity index (χ4n) is 2.12. The van der Waals surface area contributed by atoms with E-state index in [0.717, 1.165) is 16.7 Å². The molecule has 0 bridgehead atoms. The molecule has 1 amide bonds. The highest BCUT2D eigenvalue weighted by Crippen LogP contribution is 2.26. The normalized spacial score (nSPS) is 10.4. The van der Waals surface area contributed by atoms with Crippen LogP contribution >= 0.6 is 11.6 Å². The average molecular weight is 319 g/mol. The monoisotopic (exact) mass is 318 g/mol. The maximum Gasteiger partial charge on any atom is 0.262 e. The SMILES string of the molecule is Cc1ccc(NC(=O)COc2cc(C)c(Cl)c(C)c2)c(N)c1. The molecule has 0 saturated heterocycles. The summed E-state index contributed by atoms with van der Waals surface area (Å²) in [5.74, 6) is 0.354. The zero-order chi connectivity index (χ0) is 16.3. The van der Waals surface area contributed by atoms with Gasteiger partial charge in [-0.15, -0.1) is 0 Å². The number of anilines is 2. The minimum atomic E-state index is -0.263. The van der Waals surface area contributed by atoms with Crippen molar-refractivity contribution in [2.45, 2.75) is 20.8 Å². The summed E-state index contributed by atoms with van der Waals surface area (Å²) in [7, 11) is 0. The van der Waals surface area contributed by atoms with Crippen LogP contribution in [0.2, 0.25) is 5.02 Å². The second-order valence-electron chi connectivity index (χ2n) is 5.30. The van der Waals surface area contributed by atoms with Gasteiger partial charge < -0.3 is 15.8 Å². The van der Waals surface area contributed by atoms with Gasteiger partial charge in [0.25, 0.3) is 5.91 Å². The summed E-state index contributed by atoms with van der Waals surface area (Å²) in [5.41, 5.74) is 9.86. The van der Waals surface area contributed by atoms with Crippen molar-refractivity contribution in [1.29, 1.82) is 0 Å². The van der Waals surface area contributed by atoms with Crippen molar-refractivity contribution in [3.63, 3.8) is 0 Å². The number of nitrogens with two attached hydrogens (primary N) is 1. The number of benzene rings is 2. The standard InChI is InChI=1S/C17H19ClN2O2/c1-10-4-5-15(14(19)6-10)20-16(21)9-22-13-7-11(2)17(18)12(3)8-13/h4-8H,9,19H2,1-3H3,(H,20,21). The lowest BCUT2D eigenvalue weighted by molar-refractivity contribution is -0.118. The lowest BCUT2D eigenvalue weighted by atomic mass is 10.1. The molecule has 2 rings (SSSR count). The summed E-state index contributed by atoms with van der Waals surface area (Å²) in [5, 5.41) is 3.45. The maximum absolute atomic E-state index is 11.9. The van der Waals surface area contributed by atoms with Crippen LogP contribution in [0.4, 0.5) is 11.4 Å². The lowest BCUT2D eigenvalue weighted by Crippen LogP contribution is -2.20. The second kappa shape index (κ2) is 6.71. The van der Waals surface area contributed by atoms with E-state index in [2.05, 4.69) is 5.32 Å². The number of nitrogen functional groups attached to an aromatic ring is 1. The molecule has 0 saturated carbocycles. The van der Waals surface area contributed by atoms with E-state index in [0.29, 0.717) is 22.1 Å². The van der Waals surface area contributed by atoms with Gasteiger partial charge in [0.1, 0.15) is 5.75 Å². The first-order valence-electron chi connectivity index (χ1n) is 6.92. The molecule has 0 radical (unpaired) electrons. The van der Waals surface area contributed by atoms with Gasteiger partial charge in [-0.05, 0) is 61.7 Å². The third-order valence-corrected chi connectivity index (χ3v) is 3.86. The van der Waals surface area contributed by atoms with Gasteiger partial charge in [-0.1, -0.05) is 17.7 Å². The Labute approximate surface area is 135 Å². The molecular formula is C17H19ClN2O2. The Morgan fingerprint density at radius 2 is 1.82 bits per heavy atom. The molecule has 0 aliphatic heterocycles. The number of nitrogens with one attached hydrogen (secondary N) is 1. The molecule has 5 heteroatoms. The Balaban J connectivity index is 1.98. The Bertz CT molecular complexity index is 691. The second-order valence-corrected chi connectivity index (χ2v) is 5.68. The predicted molar refractivity (Wildman–Crippen MR) is 90.6 cm³/mol. The number of carbonyl (C=O) groups is 1. The van der Waals surface area contributed by atoms with E-state index in [1.165, 1.54) is 0 Å². The topological polar surface area (TPSA) is 64.3 Å². The number of rotatable bonds is 4. The molecule has 0 spiro atoms. The third-order valence-electron chi connectivity index (χ3n) is 3.26. The van der Waals surface area contributed by atoms with E-state index >= 15 is 0 Å². The lowest BCUT2D eigenvalue weighted by Gasteiger charge is -2.11. The Kier molecular flexibility index (Phi) is 4.93. The van der Waals surface area contributed by atoms with Crippen molar-refractivity contribution in [3.05, 3.63) is 52.0 Å². The Morgan fingerprint density at radius 3 is 2.41 bits per heavy atom. The van der Waals surface area contributed by atoms with Gasteiger partial charge in [-0.25, -0.2) is 0 Å². The number of halogens is 1. The van der Waals surface area contributed by atoms with Crippen molar-refractivity contribution >= 4 is 28.9 Å². The van der Waals surface area contributed by atoms with E-state index < -0.39 is 0 Å². The predicted octanol–water partition coefficient (Wildman–Crippen LogP) is 3.86. The highest BCUT2D eigenvalue weighted by atomic mass is 35.5. The molecule has 0 atom stereocenters. The smallest absolute Gasteiger partial charge is 0.262 e. The van der Waals surface area contributed by atoms with E-state index in [9.17, 15) is 4.79 Å². The fraction of sp³-hybridized carbons (Fsp3) is 0.235. The zero-order valence-electron chi connectivity index (χ0n) is 12.9. The van der Waals surface area contributed by atoms with Gasteiger partial charge in [0.15, 0.2) is 6.61 Å². The van der Waals surface area contributed by atoms with Crippen molar-refractivity contribution < 1.29 is 9.53 Å². The Hall–Kier alpha value is -2.20. The van der Waals surface area contributed by atoms with Crippen molar-refractivity contribution in [2.75, 3.05) is 17.7 Å². The van der Waals surface area contributed by atoms with Gasteiger partial charge in [-0.3, -0.25) is 4.79 Å². The minimum absolute atomic E-state index is 0.0895. The molecular weight excluding hydrogens is 300 g/mol. The number of hydrogen-bond donors (Lipinski definition) is 2. The summed E-state index contributed by atoms with van der Waals surface area (Å²) in [6.45, 7) is 5.65. The molecule has 0 aliphatic carbocycles. The Morgan fingerprint density at radius 1 is 1.18 bits per heavy atom. The van der Waals surface area contributed by atoms with Gasteiger partial charge >= 0.3 is 0 Å². The van der Waals surface area contributed by atoms with E-state index in [1.54, 1.807) is 6.07 Å². The molecule has 0 fully saturated rings. The molecule has 116 valence electrons. The van der Waals surface area contributed by atoms with Crippen molar-refractivity contribution in [3.8, 4) is 5.75 Å². The van der Waals surface area contributed by atoms with Gasteiger partial charge in [0.05, 0.1) is 11.4 Å². The van der Waals surface area contributed by atoms with Gasteiger partial charge in [-0.2, -0.15) is 0 Å². The molecule has 0 unspecified atom stereocenters. The summed E-state index contributed by atoms with van der Waals surface area (Å²) in [4.78, 5) is 11.9. The highest BCUT2D eigenvalue weighted by molar-refractivity contribution is 6.32. The first kappa shape index (κ1) is 16.2. The van der Waals surface area contributed by atoms with Crippen LogP contribution in [0.25, 0.3) is 0 Å². The zero-order valence-corrected chi connectivity index (χ0v) is 13.6. The number of aryl methyl sites for hydroxylation is 3. The van der Waals surface area contributed by atoms with Crippen molar-refractivity contribution in [2.24, 2.45) is 0 Å². The highest BCUT2D eigenvalue weighted by Gasteiger charge is 2.08. The third kappa shape index (κ3) is 3.92. The van der Waals surface area contributed by atoms with Crippen LogP contribution in [0.3, 0.4) is 0 Å². The van der Waals surface area contributed by atoms with Crippen LogP contribution in [-0.4, -0.2) is 12.5 Å². The van der Waals surface area contributed by atoms with Crippen LogP contribution in [0.15, 0.2) is 30.3 Å². The van der Waals surface area contributed by atoms with Gasteiger partial charge in [0.2, 0.25) is 0 Å². The molecule has 22 heavy (non-hydrogen) atoms. The average Bonchev–Trinajstić information content (AvgIpc) is 2.45. The summed E-state index contributed by atoms with van der Waals surface area (Å²) >= 11 is 6.10. The number of hydrogen-bond acceptors (Lipinski definition) is 3. The van der Waals surface area contributed by atoms with Crippen LogP contribution in [0.1, 0.15) is 16.7 Å². The van der Waals surface area contributed by atoms with Crippen LogP contribution in [0.5, 0.6) is 5.75 Å². The first-order chi connectivity index (χ1) is 10.4. The molecule has 2 aromatic rings. The minimum Gasteiger partial charge on any atom is -0.484 e. The van der Waals surface area contributed by atoms with Crippen LogP contribution in [-0.2, 0) is 4.79 Å². The molecule has 0 aromatic heterocycles. The van der Waals surface area contributed by atoms with Crippen LogP contribution < -0.4 is 15.8 Å². The largest absolute Gasteiger partial charge is 0.484 e. The molecule has 0 aliphatic rings. The molecule has 2 aromatic carbocycles. The fourth-order valence-corrected chi connectivity index (χ4v) is 2.23. The number of amides is 1. The number of ether oxygens (including phenoxy) is 1.